The van der Waals surface area contributed by atoms with Crippen molar-refractivity contribution in [2.45, 2.75) is 64.8 Å². The van der Waals surface area contributed by atoms with Gasteiger partial charge in [0.05, 0.1) is 12.5 Å². The molecule has 7 heteroatoms. The smallest absolute Gasteiger partial charge is 0.237 e. The average Bonchev–Trinajstić information content (AvgIpc) is 2.82. The van der Waals surface area contributed by atoms with Crippen LogP contribution >= 0.6 is 12.4 Å². The fraction of sp³-hybridized carbons (Fsp3) is 0.444. The number of benzene rings is 2. The number of halogens is 1. The topological polar surface area (TPSA) is 101 Å². The van der Waals surface area contributed by atoms with Crippen molar-refractivity contribution in [1.82, 2.24) is 10.6 Å². The van der Waals surface area contributed by atoms with Crippen molar-refractivity contribution >= 4 is 30.1 Å². The number of nitrogens with one attached hydrogen (secondary N) is 2. The number of unbranched alkanes of at least 4 members (excludes halogenated alkanes) is 1. The van der Waals surface area contributed by atoms with Gasteiger partial charge in [-0.3, -0.25) is 19.7 Å². The summed E-state index contributed by atoms with van der Waals surface area (Å²) in [5.74, 6) is -0.963. The monoisotopic (exact) mass is 487 g/mol. The molecule has 0 heterocycles. The number of imide groups is 1. The van der Waals surface area contributed by atoms with Gasteiger partial charge in [0, 0.05) is 13.0 Å². The Morgan fingerprint density at radius 3 is 2.00 bits per heavy atom. The fourth-order valence-electron chi connectivity index (χ4n) is 3.50. The number of hydrogen-bond acceptors (Lipinski definition) is 4. The Kier molecular flexibility index (Phi) is 13.8. The van der Waals surface area contributed by atoms with Crippen LogP contribution in [0.5, 0.6) is 0 Å². The van der Waals surface area contributed by atoms with Crippen molar-refractivity contribution in [3.63, 3.8) is 0 Å². The highest BCUT2D eigenvalue weighted by atomic mass is 35.5. The summed E-state index contributed by atoms with van der Waals surface area (Å²) in [6.07, 6.45) is 5.32. The molecule has 0 bridgehead atoms. The van der Waals surface area contributed by atoms with Gasteiger partial charge in [0.1, 0.15) is 0 Å². The Balaban J connectivity index is 0.00000578. The van der Waals surface area contributed by atoms with Crippen LogP contribution in [0.15, 0.2) is 54.6 Å². The molecule has 2 atom stereocenters. The predicted octanol–water partition coefficient (Wildman–Crippen LogP) is 3.74. The lowest BCUT2D eigenvalue weighted by Gasteiger charge is -2.17. The van der Waals surface area contributed by atoms with Crippen LogP contribution < -0.4 is 16.4 Å². The predicted molar refractivity (Wildman–Crippen MR) is 139 cm³/mol. The molecule has 0 fully saturated rings. The van der Waals surface area contributed by atoms with Crippen LogP contribution in [0.3, 0.4) is 0 Å². The molecule has 0 aromatic heterocycles. The van der Waals surface area contributed by atoms with Gasteiger partial charge in [0.2, 0.25) is 17.7 Å². The summed E-state index contributed by atoms with van der Waals surface area (Å²) >= 11 is 0. The molecule has 0 aliphatic rings. The fourth-order valence-corrected chi connectivity index (χ4v) is 3.50. The summed E-state index contributed by atoms with van der Waals surface area (Å²) in [7, 11) is 0. The van der Waals surface area contributed by atoms with E-state index >= 15 is 0 Å². The molecular weight excluding hydrogens is 450 g/mol. The van der Waals surface area contributed by atoms with Crippen LogP contribution in [0.2, 0.25) is 0 Å². The standard InChI is InChI=1S/C27H37N3O3.ClH/c1-3-20(2)26(28)27(33)29-18-17-24(31)30-25(32)19-23-15-13-22(14-16-23)12-8-7-11-21-9-5-4-6-10-21;/h4-6,9-10,13-16,20,26H,3,7-8,11-12,17-19,28H2,1-2H3,(H,29,33)(H,30,31,32);1H/t20-,26-;/m0./s1. The molecule has 2 aromatic carbocycles. The van der Waals surface area contributed by atoms with E-state index in [1.807, 2.05) is 44.2 Å². The highest BCUT2D eigenvalue weighted by Gasteiger charge is 2.19. The van der Waals surface area contributed by atoms with Crippen molar-refractivity contribution in [1.29, 1.82) is 0 Å². The first-order chi connectivity index (χ1) is 15.9. The minimum Gasteiger partial charge on any atom is -0.354 e. The van der Waals surface area contributed by atoms with Gasteiger partial charge in [-0.05, 0) is 48.3 Å². The summed E-state index contributed by atoms with van der Waals surface area (Å²) in [5, 5.41) is 5.03. The van der Waals surface area contributed by atoms with Gasteiger partial charge in [-0.25, -0.2) is 0 Å². The average molecular weight is 488 g/mol. The van der Waals surface area contributed by atoms with Gasteiger partial charge >= 0.3 is 0 Å². The second-order valence-corrected chi connectivity index (χ2v) is 8.61. The maximum Gasteiger partial charge on any atom is 0.237 e. The molecule has 0 radical (unpaired) electrons. The largest absolute Gasteiger partial charge is 0.354 e. The zero-order chi connectivity index (χ0) is 24.1. The summed E-state index contributed by atoms with van der Waals surface area (Å²) in [6.45, 7) is 4.03. The van der Waals surface area contributed by atoms with Crippen molar-refractivity contribution < 1.29 is 14.4 Å². The lowest BCUT2D eigenvalue weighted by atomic mass is 9.99. The molecule has 0 spiro atoms. The highest BCUT2D eigenvalue weighted by Crippen LogP contribution is 2.11. The van der Waals surface area contributed by atoms with Crippen molar-refractivity contribution in [3.05, 3.63) is 71.3 Å². The normalized spacial score (nSPS) is 12.2. The number of hydrogen-bond donors (Lipinski definition) is 3. The van der Waals surface area contributed by atoms with E-state index in [0.29, 0.717) is 0 Å². The third kappa shape index (κ3) is 10.9. The minimum absolute atomic E-state index is 0. The summed E-state index contributed by atoms with van der Waals surface area (Å²) < 4.78 is 0. The van der Waals surface area contributed by atoms with Crippen molar-refractivity contribution in [3.8, 4) is 0 Å². The summed E-state index contributed by atoms with van der Waals surface area (Å²) in [4.78, 5) is 36.1. The van der Waals surface area contributed by atoms with E-state index in [1.165, 1.54) is 11.1 Å². The van der Waals surface area contributed by atoms with Crippen LogP contribution in [0.4, 0.5) is 0 Å². The molecule has 186 valence electrons. The second-order valence-electron chi connectivity index (χ2n) is 8.61. The van der Waals surface area contributed by atoms with Crippen LogP contribution in [0.25, 0.3) is 0 Å². The minimum atomic E-state index is -0.591. The Bertz CT molecular complexity index is 888. The molecule has 3 amide bonds. The van der Waals surface area contributed by atoms with E-state index in [-0.39, 0.29) is 49.5 Å². The van der Waals surface area contributed by atoms with E-state index in [4.69, 9.17) is 5.73 Å². The van der Waals surface area contributed by atoms with Gasteiger partial charge in [0.15, 0.2) is 0 Å². The van der Waals surface area contributed by atoms with Gasteiger partial charge in [-0.15, -0.1) is 12.4 Å². The van der Waals surface area contributed by atoms with E-state index in [0.717, 1.165) is 37.7 Å². The molecule has 34 heavy (non-hydrogen) atoms. The molecule has 6 nitrogen and oxygen atoms in total. The number of amides is 3. The van der Waals surface area contributed by atoms with E-state index < -0.39 is 11.9 Å². The second kappa shape index (κ2) is 16.0. The quantitative estimate of drug-likeness (QED) is 0.374. The first-order valence-electron chi connectivity index (χ1n) is 11.9. The van der Waals surface area contributed by atoms with Gasteiger partial charge in [0.25, 0.3) is 0 Å². The lowest BCUT2D eigenvalue weighted by molar-refractivity contribution is -0.130. The van der Waals surface area contributed by atoms with Crippen LogP contribution in [0.1, 0.15) is 56.2 Å². The number of carbonyl (C=O) groups is 3. The summed E-state index contributed by atoms with van der Waals surface area (Å²) in [5.41, 5.74) is 9.33. The molecule has 0 unspecified atom stereocenters. The molecule has 0 aliphatic heterocycles. The zero-order valence-electron chi connectivity index (χ0n) is 20.2. The Morgan fingerprint density at radius 1 is 0.853 bits per heavy atom. The van der Waals surface area contributed by atoms with Crippen LogP contribution in [0, 0.1) is 5.92 Å². The third-order valence-corrected chi connectivity index (χ3v) is 5.90. The molecule has 0 saturated carbocycles. The first-order valence-corrected chi connectivity index (χ1v) is 11.9. The lowest BCUT2D eigenvalue weighted by Crippen LogP contribution is -2.45. The van der Waals surface area contributed by atoms with Gasteiger partial charge in [-0.1, -0.05) is 74.9 Å². The number of nitrogens with two attached hydrogens (primary N) is 1. The van der Waals surface area contributed by atoms with Gasteiger partial charge < -0.3 is 11.1 Å². The maximum atomic E-state index is 12.1. The maximum absolute atomic E-state index is 12.1. The zero-order valence-corrected chi connectivity index (χ0v) is 21.0. The Labute approximate surface area is 209 Å². The molecule has 0 aliphatic carbocycles. The number of aryl methyl sites for hydroxylation is 2. The molecule has 0 saturated heterocycles. The molecule has 2 rings (SSSR count). The van der Waals surface area contributed by atoms with Crippen molar-refractivity contribution in [2.75, 3.05) is 6.54 Å². The summed E-state index contributed by atoms with van der Waals surface area (Å²) in [6, 6.07) is 17.9. The number of rotatable bonds is 13. The SMILES string of the molecule is CC[C@H](C)[C@H](N)C(=O)NCCC(=O)NC(=O)Cc1ccc(CCCCc2ccccc2)cc1.Cl. The molecular formula is C27H38ClN3O3. The number of carbonyl (C=O) groups excluding carboxylic acids is 3. The van der Waals surface area contributed by atoms with Gasteiger partial charge in [-0.2, -0.15) is 0 Å². The first kappa shape index (κ1) is 29.3. The third-order valence-electron chi connectivity index (χ3n) is 5.90. The van der Waals surface area contributed by atoms with E-state index in [2.05, 4.69) is 34.9 Å². The van der Waals surface area contributed by atoms with E-state index in [1.54, 1.807) is 0 Å². The molecule has 2 aromatic rings. The Hall–Kier alpha value is -2.70. The highest BCUT2D eigenvalue weighted by molar-refractivity contribution is 5.96. The van der Waals surface area contributed by atoms with Crippen molar-refractivity contribution in [2.24, 2.45) is 11.7 Å². The molecule has 4 N–H and O–H groups in total. The van der Waals surface area contributed by atoms with Crippen LogP contribution in [-0.4, -0.2) is 30.3 Å². The Morgan fingerprint density at radius 2 is 1.41 bits per heavy atom. The van der Waals surface area contributed by atoms with E-state index in [9.17, 15) is 14.4 Å². The van der Waals surface area contributed by atoms with Crippen LogP contribution in [-0.2, 0) is 33.6 Å².